The van der Waals surface area contributed by atoms with Crippen LogP contribution in [0.4, 0.5) is 0 Å². The number of aromatic nitrogens is 2. The second kappa shape index (κ2) is 4.03. The summed E-state index contributed by atoms with van der Waals surface area (Å²) >= 11 is 1.25. The van der Waals surface area contributed by atoms with Crippen molar-refractivity contribution in [1.29, 1.82) is 0 Å². The van der Waals surface area contributed by atoms with Crippen LogP contribution in [0.25, 0.3) is 11.3 Å². The van der Waals surface area contributed by atoms with Gasteiger partial charge in [0, 0.05) is 17.1 Å². The van der Waals surface area contributed by atoms with Gasteiger partial charge in [-0.05, 0) is 18.1 Å². The van der Waals surface area contributed by atoms with Crippen molar-refractivity contribution in [2.75, 3.05) is 0 Å². The topological polar surface area (TPSA) is 42.9 Å². The highest BCUT2D eigenvalue weighted by Crippen LogP contribution is 2.25. The van der Waals surface area contributed by atoms with Gasteiger partial charge < -0.3 is 0 Å². The molecule has 4 heteroatoms. The fraction of sp³-hybridized carbons (Fsp3) is 0. The molecule has 1 aliphatic heterocycles. The molecule has 3 rings (SSSR count). The van der Waals surface area contributed by atoms with Crippen LogP contribution >= 0.6 is 11.3 Å². The lowest BCUT2D eigenvalue weighted by Crippen LogP contribution is -1.92. The van der Waals surface area contributed by atoms with Crippen LogP contribution in [0.5, 0.6) is 0 Å². The third-order valence-electron chi connectivity index (χ3n) is 1.83. The second-order valence-electron chi connectivity index (χ2n) is 2.77. The zero-order valence-corrected chi connectivity index (χ0v) is 8.49. The van der Waals surface area contributed by atoms with Gasteiger partial charge in [0.1, 0.15) is 5.69 Å². The number of thiazole rings is 1. The molecule has 72 valence electrons. The molecule has 1 aromatic rings. The van der Waals surface area contributed by atoms with Gasteiger partial charge in [0.15, 0.2) is 11.3 Å². The Kier molecular flexibility index (Phi) is 2.57. The lowest BCUT2D eigenvalue weighted by atomic mass is 10.1. The molecule has 0 amide bonds. The van der Waals surface area contributed by atoms with Gasteiger partial charge in [0.2, 0.25) is 0 Å². The number of hydrogen-bond acceptors (Lipinski definition) is 4. The molecule has 0 bridgehead atoms. The van der Waals surface area contributed by atoms with Gasteiger partial charge in [0.25, 0.3) is 0 Å². The minimum Gasteiger partial charge on any atom is -0.295 e. The Labute approximate surface area is 90.8 Å². The van der Waals surface area contributed by atoms with Crippen molar-refractivity contribution in [2.45, 2.75) is 0 Å². The molecule has 0 N–H and O–H groups in total. The van der Waals surface area contributed by atoms with Crippen LogP contribution < -0.4 is 0 Å². The van der Waals surface area contributed by atoms with Crippen LogP contribution in [0.2, 0.25) is 0 Å². The molecule has 0 saturated heterocycles. The van der Waals surface area contributed by atoms with Gasteiger partial charge in [-0.2, -0.15) is 0 Å². The molecule has 3 nitrogen and oxygen atoms in total. The number of carbonyl (C=O) groups excluding carboxylic acids is 1. The largest absolute Gasteiger partial charge is 0.295 e. The molecule has 0 saturated carbocycles. The van der Waals surface area contributed by atoms with Gasteiger partial charge in [-0.1, -0.05) is 0 Å². The monoisotopic (exact) mass is 214 g/mol. The third-order valence-corrected chi connectivity index (χ3v) is 2.60. The van der Waals surface area contributed by atoms with Crippen molar-refractivity contribution in [3.8, 4) is 23.6 Å². The van der Waals surface area contributed by atoms with Gasteiger partial charge in [-0.15, -0.1) is 17.8 Å². The smallest absolute Gasteiger partial charge is 0.178 e. The fourth-order valence-electron chi connectivity index (χ4n) is 0.962. The molecule has 15 heavy (non-hydrogen) atoms. The second-order valence-corrected chi connectivity index (χ2v) is 3.65. The minimum absolute atomic E-state index is 0.433. The molecule has 0 fully saturated rings. The molecular formula is C11H6N2OS. The van der Waals surface area contributed by atoms with Gasteiger partial charge in [-0.3, -0.25) is 9.78 Å². The molecule has 1 aliphatic carbocycles. The Morgan fingerprint density at radius 1 is 1.47 bits per heavy atom. The Morgan fingerprint density at radius 2 is 2.27 bits per heavy atom. The summed E-state index contributed by atoms with van der Waals surface area (Å²) in [4.78, 5) is 17.7. The van der Waals surface area contributed by atoms with Crippen LogP contribution in [0.1, 0.15) is 15.5 Å². The van der Waals surface area contributed by atoms with Crippen molar-refractivity contribution >= 4 is 17.6 Å². The fourth-order valence-corrected chi connectivity index (χ4v) is 1.52. The molecular weight excluding hydrogens is 208 g/mol. The van der Waals surface area contributed by atoms with E-state index in [4.69, 9.17) is 6.42 Å². The number of terminal acetylenes is 1. The Balaban J connectivity index is 0.000000121. The lowest BCUT2D eigenvalue weighted by molar-refractivity contribution is 0.112. The summed E-state index contributed by atoms with van der Waals surface area (Å²) in [5.41, 5.74) is 3.02. The average Bonchev–Trinajstić information content (AvgIpc) is 2.72. The normalized spacial score (nSPS) is 9.53. The first-order valence-corrected chi connectivity index (χ1v) is 5.05. The first kappa shape index (κ1) is 9.56. The number of fused-ring (bicyclic) bond motifs is 1. The molecule has 2 heterocycles. The maximum absolute atomic E-state index is 10.0. The molecule has 0 radical (unpaired) electrons. The van der Waals surface area contributed by atoms with Crippen LogP contribution in [0.15, 0.2) is 23.7 Å². The number of nitrogens with zero attached hydrogens (tertiary/aromatic N) is 2. The van der Waals surface area contributed by atoms with E-state index in [-0.39, 0.29) is 0 Å². The van der Waals surface area contributed by atoms with E-state index >= 15 is 0 Å². The predicted molar refractivity (Wildman–Crippen MR) is 58.7 cm³/mol. The summed E-state index contributed by atoms with van der Waals surface area (Å²) in [7, 11) is 0. The summed E-state index contributed by atoms with van der Waals surface area (Å²) in [5, 5.41) is 2.10. The van der Waals surface area contributed by atoms with Crippen LogP contribution in [-0.4, -0.2) is 16.3 Å². The quantitative estimate of drug-likeness (QED) is 0.459. The van der Waals surface area contributed by atoms with Crippen molar-refractivity contribution < 1.29 is 4.79 Å². The Hall–Kier alpha value is -1.99. The zero-order valence-electron chi connectivity index (χ0n) is 7.68. The highest BCUT2D eigenvalue weighted by Gasteiger charge is 2.06. The van der Waals surface area contributed by atoms with Crippen LogP contribution in [0.3, 0.4) is 0 Å². The highest BCUT2D eigenvalue weighted by atomic mass is 32.1. The lowest BCUT2D eigenvalue weighted by Gasteiger charge is -2.08. The zero-order chi connectivity index (χ0) is 10.7. The van der Waals surface area contributed by atoms with Gasteiger partial charge >= 0.3 is 0 Å². The summed E-state index contributed by atoms with van der Waals surface area (Å²) in [5.74, 6) is 2.32. The summed E-state index contributed by atoms with van der Waals surface area (Å²) in [6, 6.07) is 4.07. The first-order valence-electron chi connectivity index (χ1n) is 4.17. The van der Waals surface area contributed by atoms with E-state index in [2.05, 4.69) is 22.0 Å². The number of aldehydes is 1. The predicted octanol–water partition coefficient (Wildman–Crippen LogP) is 2.00. The average molecular weight is 214 g/mol. The number of pyridine rings is 1. The van der Waals surface area contributed by atoms with Crippen LogP contribution in [-0.2, 0) is 0 Å². The first-order chi connectivity index (χ1) is 7.33. The maximum Gasteiger partial charge on any atom is 0.178 e. The molecule has 2 aliphatic rings. The van der Waals surface area contributed by atoms with E-state index in [1.54, 1.807) is 5.38 Å². The van der Waals surface area contributed by atoms with E-state index in [9.17, 15) is 4.79 Å². The SMILES string of the molecule is C#Cc1csc(C=O)n1.c1cc2ncc1-2. The van der Waals surface area contributed by atoms with Crippen molar-refractivity contribution in [3.05, 3.63) is 34.4 Å². The van der Waals surface area contributed by atoms with E-state index in [1.165, 1.54) is 22.6 Å². The Bertz CT molecular complexity index is 501. The van der Waals surface area contributed by atoms with E-state index in [0.29, 0.717) is 17.0 Å². The van der Waals surface area contributed by atoms with Gasteiger partial charge in [0.05, 0.1) is 5.69 Å². The highest BCUT2D eigenvalue weighted by molar-refractivity contribution is 7.11. The van der Waals surface area contributed by atoms with Crippen LogP contribution in [0, 0.1) is 12.3 Å². The van der Waals surface area contributed by atoms with Gasteiger partial charge in [-0.25, -0.2) is 4.98 Å². The molecule has 0 atom stereocenters. The van der Waals surface area contributed by atoms with E-state index < -0.39 is 0 Å². The van der Waals surface area contributed by atoms with E-state index in [0.717, 1.165) is 0 Å². The number of hydrogen-bond donors (Lipinski definition) is 0. The minimum atomic E-state index is 0.433. The molecule has 0 unspecified atom stereocenters. The number of rotatable bonds is 1. The molecule has 0 aromatic carbocycles. The summed E-state index contributed by atoms with van der Waals surface area (Å²) in [6.45, 7) is 0. The standard InChI is InChI=1S/C6H3NOS.C5H3N/c1-2-5-4-9-6(3-8)7-5;1-2-5-4(1)3-6-5/h1,3-4H;1-3H. The number of carbonyl (C=O) groups is 1. The maximum atomic E-state index is 10.0. The summed E-state index contributed by atoms with van der Waals surface area (Å²) < 4.78 is 0. The molecule has 1 aromatic heterocycles. The Morgan fingerprint density at radius 3 is 2.47 bits per heavy atom. The summed E-state index contributed by atoms with van der Waals surface area (Å²) in [6.07, 6.45) is 7.55. The van der Waals surface area contributed by atoms with E-state index in [1.807, 2.05) is 12.3 Å². The van der Waals surface area contributed by atoms with Crippen molar-refractivity contribution in [2.24, 2.45) is 0 Å². The molecule has 0 spiro atoms. The third kappa shape index (κ3) is 1.92. The van der Waals surface area contributed by atoms with Crippen molar-refractivity contribution in [1.82, 2.24) is 9.97 Å². The van der Waals surface area contributed by atoms with Crippen molar-refractivity contribution in [3.63, 3.8) is 0 Å².